The molecule has 33 heavy (non-hydrogen) atoms. The van der Waals surface area contributed by atoms with Crippen LogP contribution in [0.3, 0.4) is 0 Å². The van der Waals surface area contributed by atoms with Gasteiger partial charge in [0.15, 0.2) is 11.0 Å². The molecule has 1 N–H and O–H groups in total. The van der Waals surface area contributed by atoms with E-state index in [2.05, 4.69) is 22.1 Å². The largest absolute Gasteiger partial charge is 0.497 e. The van der Waals surface area contributed by atoms with Gasteiger partial charge >= 0.3 is 0 Å². The molecule has 0 saturated carbocycles. The lowest BCUT2D eigenvalue weighted by atomic mass is 10.2. The van der Waals surface area contributed by atoms with Gasteiger partial charge in [0.1, 0.15) is 29.7 Å². The number of carbonyl (C=O) groups is 1. The maximum absolute atomic E-state index is 13.2. The third kappa shape index (κ3) is 6.39. The monoisotopic (exact) mass is 492 g/mol. The summed E-state index contributed by atoms with van der Waals surface area (Å²) in [5.74, 6) is 1.32. The zero-order valence-electron chi connectivity index (χ0n) is 18.0. The Balaban J connectivity index is 1.65. The van der Waals surface area contributed by atoms with E-state index >= 15 is 0 Å². The van der Waals surface area contributed by atoms with E-state index < -0.39 is 5.82 Å². The molecule has 0 atom stereocenters. The quantitative estimate of drug-likeness (QED) is 0.309. The van der Waals surface area contributed by atoms with Gasteiger partial charge in [0.25, 0.3) is 0 Å². The highest BCUT2D eigenvalue weighted by Crippen LogP contribution is 2.29. The highest BCUT2D eigenvalue weighted by atomic mass is 35.5. The predicted octanol–water partition coefficient (Wildman–Crippen LogP) is 4.58. The molecular formula is C22H22ClFN4O4S. The smallest absolute Gasteiger partial charge is 0.234 e. The number of hydrogen-bond acceptors (Lipinski definition) is 7. The van der Waals surface area contributed by atoms with Crippen LogP contribution >= 0.6 is 23.4 Å². The molecule has 3 aromatic rings. The molecule has 0 radical (unpaired) electrons. The molecule has 8 nitrogen and oxygen atoms in total. The Kier molecular flexibility index (Phi) is 8.56. The number of nitrogens with zero attached hydrogens (tertiary/aromatic N) is 3. The van der Waals surface area contributed by atoms with E-state index in [4.69, 9.17) is 25.8 Å². The number of nitrogens with one attached hydrogen (secondary N) is 1. The normalized spacial score (nSPS) is 10.5. The predicted molar refractivity (Wildman–Crippen MR) is 125 cm³/mol. The van der Waals surface area contributed by atoms with Gasteiger partial charge in [0.2, 0.25) is 5.91 Å². The number of benzene rings is 2. The Labute approximate surface area is 199 Å². The minimum Gasteiger partial charge on any atom is -0.497 e. The van der Waals surface area contributed by atoms with Crippen LogP contribution in [0.15, 0.2) is 54.2 Å². The van der Waals surface area contributed by atoms with Crippen molar-refractivity contribution < 1.29 is 23.4 Å². The topological polar surface area (TPSA) is 87.5 Å². The third-order valence-corrected chi connectivity index (χ3v) is 5.63. The minimum absolute atomic E-state index is 0.0555. The molecule has 0 bridgehead atoms. The third-order valence-electron chi connectivity index (χ3n) is 4.37. The number of thioether (sulfide) groups is 1. The van der Waals surface area contributed by atoms with Gasteiger partial charge in [-0.05, 0) is 30.3 Å². The Bertz CT molecular complexity index is 1140. The average molecular weight is 493 g/mol. The van der Waals surface area contributed by atoms with E-state index in [0.29, 0.717) is 40.5 Å². The SMILES string of the molecule is C=CCn1c(COc2ccc(F)cc2Cl)nnc1SCC(=O)Nc1cc(OC)ccc1OC. The van der Waals surface area contributed by atoms with Gasteiger partial charge in [-0.15, -0.1) is 16.8 Å². The summed E-state index contributed by atoms with van der Waals surface area (Å²) < 4.78 is 31.1. The van der Waals surface area contributed by atoms with E-state index in [-0.39, 0.29) is 23.3 Å². The number of carbonyl (C=O) groups excluding carboxylic acids is 1. The Morgan fingerprint density at radius 2 is 2.00 bits per heavy atom. The number of hydrogen-bond donors (Lipinski definition) is 1. The van der Waals surface area contributed by atoms with Crippen molar-refractivity contribution in [1.29, 1.82) is 0 Å². The molecular weight excluding hydrogens is 471 g/mol. The van der Waals surface area contributed by atoms with Crippen molar-refractivity contribution in [2.75, 3.05) is 25.3 Å². The fourth-order valence-corrected chi connectivity index (χ4v) is 3.80. The van der Waals surface area contributed by atoms with Crippen molar-refractivity contribution >= 4 is 35.0 Å². The van der Waals surface area contributed by atoms with Crippen molar-refractivity contribution in [3.8, 4) is 17.2 Å². The molecule has 0 unspecified atom stereocenters. The lowest BCUT2D eigenvalue weighted by molar-refractivity contribution is -0.113. The highest BCUT2D eigenvalue weighted by molar-refractivity contribution is 7.99. The number of anilines is 1. The van der Waals surface area contributed by atoms with Gasteiger partial charge in [-0.3, -0.25) is 9.36 Å². The van der Waals surface area contributed by atoms with Crippen LogP contribution in [0.2, 0.25) is 5.02 Å². The molecule has 0 fully saturated rings. The highest BCUT2D eigenvalue weighted by Gasteiger charge is 2.16. The average Bonchev–Trinajstić information content (AvgIpc) is 3.18. The second-order valence-corrected chi connectivity index (χ2v) is 7.91. The number of aromatic nitrogens is 3. The molecule has 0 saturated heterocycles. The summed E-state index contributed by atoms with van der Waals surface area (Å²) >= 11 is 7.22. The van der Waals surface area contributed by atoms with E-state index in [0.717, 1.165) is 0 Å². The molecule has 2 aromatic carbocycles. The molecule has 174 valence electrons. The lowest BCUT2D eigenvalue weighted by Gasteiger charge is -2.12. The summed E-state index contributed by atoms with van der Waals surface area (Å²) in [7, 11) is 3.06. The summed E-state index contributed by atoms with van der Waals surface area (Å²) in [6, 6.07) is 9.00. The van der Waals surface area contributed by atoms with Gasteiger partial charge < -0.3 is 19.5 Å². The summed E-state index contributed by atoms with van der Waals surface area (Å²) in [6.45, 7) is 4.22. The molecule has 0 aliphatic rings. The van der Waals surface area contributed by atoms with E-state index in [1.807, 2.05) is 0 Å². The zero-order chi connectivity index (χ0) is 23.8. The van der Waals surface area contributed by atoms with Gasteiger partial charge in [-0.25, -0.2) is 4.39 Å². The molecule has 1 aromatic heterocycles. The molecule has 0 spiro atoms. The van der Waals surface area contributed by atoms with Crippen LogP contribution in [0.25, 0.3) is 0 Å². The second kappa shape index (κ2) is 11.6. The van der Waals surface area contributed by atoms with Crippen molar-refractivity contribution in [1.82, 2.24) is 14.8 Å². The standard InChI is InChI=1S/C22H22ClFN4O4S/c1-4-9-28-20(12-32-18-7-5-14(24)10-16(18)23)26-27-22(28)33-13-21(29)25-17-11-15(30-2)6-8-19(17)31-3/h4-8,10-11H,1,9,12-13H2,2-3H3,(H,25,29). The van der Waals surface area contributed by atoms with Crippen LogP contribution in [-0.4, -0.2) is 40.6 Å². The summed E-state index contributed by atoms with van der Waals surface area (Å²) in [5, 5.41) is 11.8. The van der Waals surface area contributed by atoms with E-state index in [9.17, 15) is 9.18 Å². The molecule has 0 aliphatic heterocycles. The Hall–Kier alpha value is -3.24. The van der Waals surface area contributed by atoms with Crippen LogP contribution in [0, 0.1) is 5.82 Å². The van der Waals surface area contributed by atoms with Crippen molar-refractivity contribution in [2.24, 2.45) is 0 Å². The van der Waals surface area contributed by atoms with Crippen LogP contribution in [0.1, 0.15) is 5.82 Å². The first-order valence-corrected chi connectivity index (χ1v) is 11.1. The van der Waals surface area contributed by atoms with Gasteiger partial charge in [0, 0.05) is 12.6 Å². The number of amides is 1. The van der Waals surface area contributed by atoms with Crippen LogP contribution < -0.4 is 19.5 Å². The number of rotatable bonds is 11. The van der Waals surface area contributed by atoms with Crippen LogP contribution in [0.5, 0.6) is 17.2 Å². The van der Waals surface area contributed by atoms with Gasteiger partial charge in [-0.1, -0.05) is 29.4 Å². The minimum atomic E-state index is -0.453. The summed E-state index contributed by atoms with van der Waals surface area (Å²) in [5.41, 5.74) is 0.500. The molecule has 3 rings (SSSR count). The van der Waals surface area contributed by atoms with E-state index in [1.165, 1.54) is 37.1 Å². The Morgan fingerprint density at radius 1 is 1.21 bits per heavy atom. The molecule has 1 amide bonds. The number of methoxy groups -OCH3 is 2. The molecule has 11 heteroatoms. The second-order valence-electron chi connectivity index (χ2n) is 6.56. The van der Waals surface area contributed by atoms with Crippen molar-refractivity contribution in [3.05, 3.63) is 65.7 Å². The first-order chi connectivity index (χ1) is 15.9. The first kappa shape index (κ1) is 24.4. The van der Waals surface area contributed by atoms with Crippen molar-refractivity contribution in [2.45, 2.75) is 18.3 Å². The summed E-state index contributed by atoms with van der Waals surface area (Å²) in [4.78, 5) is 12.5. The Morgan fingerprint density at radius 3 is 2.70 bits per heavy atom. The number of allylic oxidation sites excluding steroid dienone is 1. The first-order valence-electron chi connectivity index (χ1n) is 9.70. The fraction of sp³-hybridized carbons (Fsp3) is 0.227. The lowest BCUT2D eigenvalue weighted by Crippen LogP contribution is -2.15. The fourth-order valence-electron chi connectivity index (χ4n) is 2.81. The molecule has 0 aliphatic carbocycles. The zero-order valence-corrected chi connectivity index (χ0v) is 19.6. The van der Waals surface area contributed by atoms with Crippen LogP contribution in [-0.2, 0) is 17.9 Å². The molecule has 1 heterocycles. The summed E-state index contributed by atoms with van der Waals surface area (Å²) in [6.07, 6.45) is 1.68. The van der Waals surface area contributed by atoms with E-state index in [1.54, 1.807) is 36.0 Å². The number of ether oxygens (including phenoxy) is 3. The van der Waals surface area contributed by atoms with Gasteiger partial charge in [-0.2, -0.15) is 0 Å². The number of halogens is 2. The maximum atomic E-state index is 13.2. The van der Waals surface area contributed by atoms with Crippen LogP contribution in [0.4, 0.5) is 10.1 Å². The maximum Gasteiger partial charge on any atom is 0.234 e. The van der Waals surface area contributed by atoms with Crippen molar-refractivity contribution in [3.63, 3.8) is 0 Å². The van der Waals surface area contributed by atoms with Gasteiger partial charge in [0.05, 0.1) is 30.7 Å².